The summed E-state index contributed by atoms with van der Waals surface area (Å²) in [5.41, 5.74) is 0.734. The maximum Gasteiger partial charge on any atom is 0.407 e. The molecule has 1 aliphatic heterocycles. The van der Waals surface area contributed by atoms with Crippen LogP contribution < -0.4 is 16.0 Å². The molecule has 2 aromatic rings. The van der Waals surface area contributed by atoms with Crippen molar-refractivity contribution in [2.75, 3.05) is 13.1 Å². The molecule has 0 bridgehead atoms. The lowest BCUT2D eigenvalue weighted by Gasteiger charge is -2.30. The van der Waals surface area contributed by atoms with Crippen molar-refractivity contribution in [3.8, 4) is 0 Å². The molecule has 2 fully saturated rings. The Bertz CT molecular complexity index is 1050. The number of para-hydroxylation sites is 1. The smallest absolute Gasteiger partial charge is 0.407 e. The number of ether oxygens (including phenoxy) is 1. The van der Waals surface area contributed by atoms with E-state index in [4.69, 9.17) is 9.84 Å². The van der Waals surface area contributed by atoms with Crippen LogP contribution in [0.4, 0.5) is 4.79 Å². The van der Waals surface area contributed by atoms with E-state index in [1.807, 2.05) is 49.7 Å². The summed E-state index contributed by atoms with van der Waals surface area (Å²) in [7, 11) is 0. The third-order valence-electron chi connectivity index (χ3n) is 6.68. The van der Waals surface area contributed by atoms with E-state index in [-0.39, 0.29) is 18.4 Å². The van der Waals surface area contributed by atoms with E-state index >= 15 is 0 Å². The topological polar surface area (TPSA) is 114 Å². The summed E-state index contributed by atoms with van der Waals surface area (Å²) in [5.74, 6) is -0.127. The summed E-state index contributed by atoms with van der Waals surface area (Å²) < 4.78 is 7.03. The fourth-order valence-corrected chi connectivity index (χ4v) is 4.79. The second kappa shape index (κ2) is 10.0. The van der Waals surface area contributed by atoms with E-state index in [2.05, 4.69) is 16.0 Å². The predicted molar refractivity (Wildman–Crippen MR) is 128 cm³/mol. The van der Waals surface area contributed by atoms with Gasteiger partial charge in [0.2, 0.25) is 5.91 Å². The van der Waals surface area contributed by atoms with Crippen LogP contribution in [0, 0.1) is 11.3 Å². The van der Waals surface area contributed by atoms with Crippen LogP contribution in [0.25, 0.3) is 10.9 Å². The Balaban J connectivity index is 1.50. The van der Waals surface area contributed by atoms with Crippen LogP contribution in [0.3, 0.4) is 0 Å². The van der Waals surface area contributed by atoms with Gasteiger partial charge in [0.1, 0.15) is 12.1 Å². The van der Waals surface area contributed by atoms with Crippen LogP contribution in [-0.2, 0) is 16.1 Å². The molecule has 2 unspecified atom stereocenters. The van der Waals surface area contributed by atoms with Gasteiger partial charge in [-0.1, -0.05) is 58.2 Å². The van der Waals surface area contributed by atoms with E-state index in [1.165, 1.54) is 32.1 Å². The van der Waals surface area contributed by atoms with Crippen LogP contribution in [0.2, 0.25) is 0 Å². The first-order valence-corrected chi connectivity index (χ1v) is 12.2. The molecule has 2 aliphatic rings. The van der Waals surface area contributed by atoms with Crippen LogP contribution >= 0.6 is 0 Å². The molecule has 9 nitrogen and oxygen atoms in total. The Morgan fingerprint density at radius 3 is 2.62 bits per heavy atom. The van der Waals surface area contributed by atoms with Gasteiger partial charge in [-0.15, -0.1) is 0 Å². The lowest BCUT2D eigenvalue weighted by molar-refractivity contribution is -0.125. The zero-order valence-corrected chi connectivity index (χ0v) is 20.2. The first kappa shape index (κ1) is 24.0. The lowest BCUT2D eigenvalue weighted by Crippen LogP contribution is -2.54. The lowest BCUT2D eigenvalue weighted by atomic mass is 9.86. The number of aromatic nitrogens is 2. The molecule has 9 heteroatoms. The molecule has 0 radical (unpaired) electrons. The van der Waals surface area contributed by atoms with Crippen molar-refractivity contribution in [1.29, 1.82) is 0 Å². The molecule has 3 N–H and O–H groups in total. The normalized spacial score (nSPS) is 20.0. The number of carbonyl (C=O) groups excluding carboxylic acids is 3. The quantitative estimate of drug-likeness (QED) is 0.577. The molecular weight excluding hydrogens is 434 g/mol. The number of nitrogens with zero attached hydrogens (tertiary/aromatic N) is 2. The molecule has 3 amide bonds. The SMILES string of the molecule is CC(C)(C)C(NC(=O)c1nn(CC2CCCCC2)c2ccccc12)C(=O)NCC1CNC(=O)O1. The van der Waals surface area contributed by atoms with E-state index in [0.29, 0.717) is 18.2 Å². The van der Waals surface area contributed by atoms with Gasteiger partial charge < -0.3 is 20.7 Å². The Labute approximate surface area is 200 Å². The van der Waals surface area contributed by atoms with Crippen LogP contribution in [0.1, 0.15) is 63.4 Å². The molecule has 184 valence electrons. The Kier molecular flexibility index (Phi) is 7.09. The Morgan fingerprint density at radius 1 is 1.21 bits per heavy atom. The summed E-state index contributed by atoms with van der Waals surface area (Å²) in [6, 6.07) is 6.97. The van der Waals surface area contributed by atoms with Crippen molar-refractivity contribution in [3.05, 3.63) is 30.0 Å². The number of cyclic esters (lactones) is 1. The third-order valence-corrected chi connectivity index (χ3v) is 6.68. The maximum absolute atomic E-state index is 13.4. The van der Waals surface area contributed by atoms with Crippen molar-refractivity contribution in [1.82, 2.24) is 25.7 Å². The van der Waals surface area contributed by atoms with Gasteiger partial charge in [0, 0.05) is 11.9 Å². The summed E-state index contributed by atoms with van der Waals surface area (Å²) >= 11 is 0. The number of hydrogen-bond acceptors (Lipinski definition) is 5. The highest BCUT2D eigenvalue weighted by atomic mass is 16.6. The standard InChI is InChI=1S/C25H35N5O4/c1-25(2,3)21(23(32)26-13-17-14-27-24(33)34-17)28-22(31)20-18-11-7-8-12-19(18)30(29-20)15-16-9-5-4-6-10-16/h7-8,11-12,16-17,21H,4-6,9-10,13-15H2,1-3H3,(H,26,32)(H,27,33)(H,28,31). The second-order valence-electron chi connectivity index (χ2n) is 10.5. The van der Waals surface area contributed by atoms with Gasteiger partial charge in [0.15, 0.2) is 5.69 Å². The van der Waals surface area contributed by atoms with Gasteiger partial charge in [-0.05, 0) is 30.2 Å². The molecule has 2 heterocycles. The van der Waals surface area contributed by atoms with E-state index in [1.54, 1.807) is 0 Å². The number of benzene rings is 1. The molecule has 34 heavy (non-hydrogen) atoms. The largest absolute Gasteiger partial charge is 0.442 e. The molecule has 4 rings (SSSR count). The highest BCUT2D eigenvalue weighted by molar-refractivity contribution is 6.06. The van der Waals surface area contributed by atoms with Gasteiger partial charge in [-0.2, -0.15) is 5.10 Å². The van der Waals surface area contributed by atoms with Crippen molar-refractivity contribution in [2.45, 2.75) is 71.6 Å². The number of alkyl carbamates (subject to hydrolysis) is 1. The predicted octanol–water partition coefficient (Wildman–Crippen LogP) is 2.99. The number of carbonyl (C=O) groups is 3. The van der Waals surface area contributed by atoms with Gasteiger partial charge >= 0.3 is 6.09 Å². The summed E-state index contributed by atoms with van der Waals surface area (Å²) in [6.07, 6.45) is 5.25. The average molecular weight is 470 g/mol. The Hall–Kier alpha value is -3.10. The first-order valence-electron chi connectivity index (χ1n) is 12.2. The zero-order chi connectivity index (χ0) is 24.3. The second-order valence-corrected chi connectivity index (χ2v) is 10.5. The van der Waals surface area contributed by atoms with Crippen molar-refractivity contribution in [2.24, 2.45) is 11.3 Å². The number of rotatable bonds is 7. The Morgan fingerprint density at radius 2 is 1.94 bits per heavy atom. The maximum atomic E-state index is 13.4. The van der Waals surface area contributed by atoms with Crippen LogP contribution in [0.5, 0.6) is 0 Å². The van der Waals surface area contributed by atoms with Crippen molar-refractivity contribution in [3.63, 3.8) is 0 Å². The number of fused-ring (bicyclic) bond motifs is 1. The molecule has 1 saturated carbocycles. The molecule has 1 aromatic heterocycles. The van der Waals surface area contributed by atoms with E-state index in [9.17, 15) is 14.4 Å². The van der Waals surface area contributed by atoms with Crippen molar-refractivity contribution >= 4 is 28.8 Å². The highest BCUT2D eigenvalue weighted by Crippen LogP contribution is 2.28. The molecule has 2 atom stereocenters. The van der Waals surface area contributed by atoms with Gasteiger partial charge in [-0.3, -0.25) is 14.3 Å². The minimum Gasteiger partial charge on any atom is -0.442 e. The minimum atomic E-state index is -0.785. The van der Waals surface area contributed by atoms with Gasteiger partial charge in [0.05, 0.1) is 18.6 Å². The zero-order valence-electron chi connectivity index (χ0n) is 20.2. The highest BCUT2D eigenvalue weighted by Gasteiger charge is 2.35. The van der Waals surface area contributed by atoms with Crippen LogP contribution in [0.15, 0.2) is 24.3 Å². The fourth-order valence-electron chi connectivity index (χ4n) is 4.79. The minimum absolute atomic E-state index is 0.180. The van der Waals surface area contributed by atoms with Crippen molar-refractivity contribution < 1.29 is 19.1 Å². The molecule has 1 aliphatic carbocycles. The molecule has 0 spiro atoms. The summed E-state index contributed by atoms with van der Waals surface area (Å²) in [4.78, 5) is 37.6. The number of amides is 3. The molecule has 1 aromatic carbocycles. The van der Waals surface area contributed by atoms with Gasteiger partial charge in [0.25, 0.3) is 5.91 Å². The average Bonchev–Trinajstić information content (AvgIpc) is 3.39. The summed E-state index contributed by atoms with van der Waals surface area (Å²) in [6.45, 7) is 7.01. The van der Waals surface area contributed by atoms with E-state index < -0.39 is 23.7 Å². The van der Waals surface area contributed by atoms with Gasteiger partial charge in [-0.25, -0.2) is 4.79 Å². The third kappa shape index (κ3) is 5.51. The monoisotopic (exact) mass is 469 g/mol. The number of nitrogens with one attached hydrogen (secondary N) is 3. The molecular formula is C25H35N5O4. The molecule has 1 saturated heterocycles. The fraction of sp³-hybridized carbons (Fsp3) is 0.600. The number of hydrogen-bond donors (Lipinski definition) is 3. The van der Waals surface area contributed by atoms with E-state index in [0.717, 1.165) is 17.4 Å². The first-order chi connectivity index (χ1) is 16.2. The summed E-state index contributed by atoms with van der Waals surface area (Å²) in [5, 5.41) is 13.8. The van der Waals surface area contributed by atoms with Crippen LogP contribution in [-0.4, -0.2) is 52.9 Å².